The molecule has 0 unspecified atom stereocenters. The predicted octanol–water partition coefficient (Wildman–Crippen LogP) is 5.21. The molecule has 1 aromatic carbocycles. The van der Waals surface area contributed by atoms with Crippen molar-refractivity contribution in [3.05, 3.63) is 53.9 Å². The minimum atomic E-state index is -0.705. The van der Waals surface area contributed by atoms with Gasteiger partial charge in [0.05, 0.1) is 29.8 Å². The third-order valence-corrected chi connectivity index (χ3v) is 6.41. The summed E-state index contributed by atoms with van der Waals surface area (Å²) in [5.41, 5.74) is 1.03. The van der Waals surface area contributed by atoms with Gasteiger partial charge in [-0.3, -0.25) is 19.7 Å². The Labute approximate surface area is 200 Å². The largest absolute Gasteiger partial charge is 0.444 e. The maximum atomic E-state index is 14.7. The number of anilines is 1. The molecule has 0 N–H and O–H groups in total. The number of halogens is 1. The Morgan fingerprint density at radius 3 is 2.41 bits per heavy atom. The molecule has 0 radical (unpaired) electrons. The fourth-order valence-electron chi connectivity index (χ4n) is 4.53. The summed E-state index contributed by atoms with van der Waals surface area (Å²) in [6, 6.07) is 5.44. The van der Waals surface area contributed by atoms with Gasteiger partial charge in [-0.1, -0.05) is 31.4 Å². The van der Waals surface area contributed by atoms with Crippen LogP contribution in [0.1, 0.15) is 76.6 Å². The van der Waals surface area contributed by atoms with Gasteiger partial charge in [0.2, 0.25) is 5.91 Å². The molecule has 0 bridgehead atoms. The summed E-state index contributed by atoms with van der Waals surface area (Å²) in [5, 5.41) is 0. The molecule has 2 aromatic rings. The molecule has 2 aliphatic rings. The first kappa shape index (κ1) is 24.1. The number of aromatic nitrogens is 2. The minimum Gasteiger partial charge on any atom is -0.444 e. The Kier molecular flexibility index (Phi) is 7.14. The van der Waals surface area contributed by atoms with Crippen molar-refractivity contribution in [2.45, 2.75) is 83.4 Å². The maximum absolute atomic E-state index is 14.7. The number of carbonyl (C=O) groups excluding carboxylic acids is 2. The predicted molar refractivity (Wildman–Crippen MR) is 127 cm³/mol. The zero-order valence-electron chi connectivity index (χ0n) is 20.2. The molecule has 1 aromatic heterocycles. The van der Waals surface area contributed by atoms with E-state index in [4.69, 9.17) is 4.74 Å². The van der Waals surface area contributed by atoms with Crippen molar-refractivity contribution in [2.24, 2.45) is 0 Å². The van der Waals surface area contributed by atoms with Crippen molar-refractivity contribution in [1.82, 2.24) is 14.9 Å². The third kappa shape index (κ3) is 5.54. The number of para-hydroxylation sites is 1. The van der Waals surface area contributed by atoms with Crippen molar-refractivity contribution >= 4 is 17.7 Å². The van der Waals surface area contributed by atoms with Crippen LogP contribution in [0.4, 0.5) is 14.9 Å². The molecule has 1 atom stereocenters. The lowest BCUT2D eigenvalue weighted by Crippen LogP contribution is -2.60. The van der Waals surface area contributed by atoms with Crippen molar-refractivity contribution < 1.29 is 18.7 Å². The first-order chi connectivity index (χ1) is 16.2. The summed E-state index contributed by atoms with van der Waals surface area (Å²) in [6.07, 6.45) is 9.34. The van der Waals surface area contributed by atoms with Crippen molar-refractivity contribution in [3.63, 3.8) is 0 Å². The van der Waals surface area contributed by atoms with Crippen LogP contribution in [0.5, 0.6) is 0 Å². The van der Waals surface area contributed by atoms with Crippen molar-refractivity contribution in [2.75, 3.05) is 11.4 Å². The number of hydrogen-bond donors (Lipinski definition) is 0. The molecule has 1 saturated carbocycles. The standard InChI is InChI=1S/C26H33FN4O3/c1-26(2,3)34-25(33)30-14-13-23(30)24(32)31(22-12-8-7-11-20(22)27)17-19-15-29-21(16-28-19)18-9-5-4-6-10-18/h7-8,11-12,15-16,18,23H,4-6,9-10,13-14,17H2,1-3H3/t23-/m1/s1. The summed E-state index contributed by atoms with van der Waals surface area (Å²) in [7, 11) is 0. The van der Waals surface area contributed by atoms with E-state index in [-0.39, 0.29) is 18.1 Å². The molecule has 0 spiro atoms. The molecule has 1 saturated heterocycles. The summed E-state index contributed by atoms with van der Waals surface area (Å²) in [6.45, 7) is 5.83. The van der Waals surface area contributed by atoms with Crippen LogP contribution < -0.4 is 4.90 Å². The quantitative estimate of drug-likeness (QED) is 0.602. The van der Waals surface area contributed by atoms with Crippen molar-refractivity contribution in [1.29, 1.82) is 0 Å². The number of amides is 2. The molecular formula is C26H33FN4O3. The summed E-state index contributed by atoms with van der Waals surface area (Å²) in [4.78, 5) is 38.0. The lowest BCUT2D eigenvalue weighted by atomic mass is 9.87. The molecule has 1 aliphatic carbocycles. The number of hydrogen-bond acceptors (Lipinski definition) is 5. The molecule has 7 nitrogen and oxygen atoms in total. The van der Waals surface area contributed by atoms with Crippen LogP contribution in [0, 0.1) is 5.82 Å². The molecule has 8 heteroatoms. The van der Waals surface area contributed by atoms with Gasteiger partial charge in [-0.2, -0.15) is 0 Å². The lowest BCUT2D eigenvalue weighted by Gasteiger charge is -2.42. The van der Waals surface area contributed by atoms with E-state index < -0.39 is 23.6 Å². The van der Waals surface area contributed by atoms with Gasteiger partial charge in [-0.15, -0.1) is 0 Å². The van der Waals surface area contributed by atoms with Crippen LogP contribution >= 0.6 is 0 Å². The highest BCUT2D eigenvalue weighted by Crippen LogP contribution is 2.32. The Morgan fingerprint density at radius 2 is 1.82 bits per heavy atom. The second-order valence-electron chi connectivity index (χ2n) is 10.1. The van der Waals surface area contributed by atoms with E-state index in [1.807, 2.05) is 0 Å². The van der Waals surface area contributed by atoms with E-state index in [1.165, 1.54) is 35.1 Å². The molecule has 1 aliphatic heterocycles. The average Bonchev–Trinajstić information content (AvgIpc) is 2.77. The summed E-state index contributed by atoms with van der Waals surface area (Å²) in [5.74, 6) is -0.442. The van der Waals surface area contributed by atoms with E-state index in [0.717, 1.165) is 18.5 Å². The molecular weight excluding hydrogens is 435 g/mol. The minimum absolute atomic E-state index is 0.0658. The molecule has 2 amide bonds. The molecule has 34 heavy (non-hydrogen) atoms. The monoisotopic (exact) mass is 468 g/mol. The Hall–Kier alpha value is -3.03. The number of ether oxygens (including phenoxy) is 1. The van der Waals surface area contributed by atoms with E-state index in [2.05, 4.69) is 9.97 Å². The average molecular weight is 469 g/mol. The number of likely N-dealkylation sites (tertiary alicyclic amines) is 1. The van der Waals surface area contributed by atoms with Crippen LogP contribution in [0.15, 0.2) is 36.7 Å². The van der Waals surface area contributed by atoms with Gasteiger partial charge in [0.1, 0.15) is 17.5 Å². The number of benzene rings is 1. The van der Waals surface area contributed by atoms with E-state index in [1.54, 1.807) is 51.4 Å². The zero-order chi connectivity index (χ0) is 24.3. The highest BCUT2D eigenvalue weighted by Gasteiger charge is 2.42. The van der Waals surface area contributed by atoms with Crippen LogP contribution in [0.2, 0.25) is 0 Å². The summed E-state index contributed by atoms with van der Waals surface area (Å²) < 4.78 is 20.2. The van der Waals surface area contributed by atoms with E-state index in [9.17, 15) is 14.0 Å². The highest BCUT2D eigenvalue weighted by molar-refractivity contribution is 5.99. The first-order valence-electron chi connectivity index (χ1n) is 12.1. The second kappa shape index (κ2) is 10.1. The summed E-state index contributed by atoms with van der Waals surface area (Å²) >= 11 is 0. The van der Waals surface area contributed by atoms with Gasteiger partial charge in [0.25, 0.3) is 0 Å². The second-order valence-corrected chi connectivity index (χ2v) is 10.1. The normalized spacial score (nSPS) is 18.8. The van der Waals surface area contributed by atoms with Gasteiger partial charge >= 0.3 is 6.09 Å². The number of nitrogens with zero attached hydrogens (tertiary/aromatic N) is 4. The Morgan fingerprint density at radius 1 is 1.09 bits per heavy atom. The van der Waals surface area contributed by atoms with E-state index in [0.29, 0.717) is 24.6 Å². The van der Waals surface area contributed by atoms with Gasteiger partial charge in [0.15, 0.2) is 0 Å². The number of rotatable bonds is 5. The molecule has 182 valence electrons. The maximum Gasteiger partial charge on any atom is 0.410 e. The fourth-order valence-corrected chi connectivity index (χ4v) is 4.53. The van der Waals surface area contributed by atoms with Gasteiger partial charge in [-0.25, -0.2) is 9.18 Å². The van der Waals surface area contributed by atoms with Crippen molar-refractivity contribution in [3.8, 4) is 0 Å². The zero-order valence-corrected chi connectivity index (χ0v) is 20.2. The molecule has 2 fully saturated rings. The van der Waals surface area contributed by atoms with Crippen LogP contribution in [-0.4, -0.2) is 45.1 Å². The number of carbonyl (C=O) groups is 2. The fraction of sp³-hybridized carbons (Fsp3) is 0.538. The Bertz CT molecular complexity index is 1020. The first-order valence-corrected chi connectivity index (χ1v) is 12.1. The van der Waals surface area contributed by atoms with E-state index >= 15 is 0 Å². The molecule has 4 rings (SSSR count). The third-order valence-electron chi connectivity index (χ3n) is 6.41. The Balaban J connectivity index is 1.54. The molecule has 2 heterocycles. The van der Waals surface area contributed by atoms with Gasteiger partial charge in [-0.05, 0) is 52.2 Å². The van der Waals surface area contributed by atoms with Crippen LogP contribution in [0.25, 0.3) is 0 Å². The van der Waals surface area contributed by atoms with Crippen LogP contribution in [0.3, 0.4) is 0 Å². The van der Waals surface area contributed by atoms with Gasteiger partial charge < -0.3 is 9.64 Å². The van der Waals surface area contributed by atoms with Crippen LogP contribution in [-0.2, 0) is 16.1 Å². The lowest BCUT2D eigenvalue weighted by molar-refractivity contribution is -0.128. The topological polar surface area (TPSA) is 75.6 Å². The SMILES string of the molecule is CC(C)(C)OC(=O)N1CC[C@@H]1C(=O)N(Cc1cnc(C2CCCCC2)cn1)c1ccccc1F. The smallest absolute Gasteiger partial charge is 0.410 e. The van der Waals surface area contributed by atoms with Gasteiger partial charge in [0, 0.05) is 18.7 Å². The highest BCUT2D eigenvalue weighted by atomic mass is 19.1.